The van der Waals surface area contributed by atoms with Crippen LogP contribution in [0.25, 0.3) is 5.69 Å². The Bertz CT molecular complexity index is 693. The molecule has 2 aromatic rings. The number of hydrogen-bond donors (Lipinski definition) is 0. The number of hydrogen-bond acceptors (Lipinski definition) is 4. The lowest BCUT2D eigenvalue weighted by molar-refractivity contribution is -0.670. The van der Waals surface area contributed by atoms with E-state index in [1.165, 1.54) is 6.42 Å². The number of pyridine rings is 1. The molecule has 0 radical (unpaired) electrons. The average Bonchev–Trinajstić information content (AvgIpc) is 2.92. The summed E-state index contributed by atoms with van der Waals surface area (Å²) in [5.41, 5.74) is 0.788. The summed E-state index contributed by atoms with van der Waals surface area (Å²) in [4.78, 5) is 15.7. The Morgan fingerprint density at radius 2 is 1.83 bits per heavy atom. The summed E-state index contributed by atoms with van der Waals surface area (Å²) < 4.78 is 3.96. The topological polar surface area (TPSA) is 43.4 Å². The second kappa shape index (κ2) is 6.18. The Balaban J connectivity index is 1.74. The van der Waals surface area contributed by atoms with E-state index in [1.54, 1.807) is 12.4 Å². The SMILES string of the molecule is C[n+]1ccn(-c2cncc(OON3C(C)(C)CCCC3(C)C)c2)c1. The van der Waals surface area contributed by atoms with Crippen molar-refractivity contribution in [3.63, 3.8) is 0 Å². The molecule has 1 fully saturated rings. The van der Waals surface area contributed by atoms with Crippen molar-refractivity contribution in [1.82, 2.24) is 14.6 Å². The van der Waals surface area contributed by atoms with E-state index < -0.39 is 0 Å². The van der Waals surface area contributed by atoms with Crippen LogP contribution in [0.5, 0.6) is 5.75 Å². The highest BCUT2D eigenvalue weighted by molar-refractivity contribution is 5.34. The number of aromatic nitrogens is 3. The van der Waals surface area contributed by atoms with Gasteiger partial charge in [0.2, 0.25) is 6.33 Å². The lowest BCUT2D eigenvalue weighted by atomic mass is 9.82. The molecule has 0 saturated carbocycles. The summed E-state index contributed by atoms with van der Waals surface area (Å²) >= 11 is 0. The first kappa shape index (κ1) is 16.9. The number of nitrogens with zero attached hydrogens (tertiary/aromatic N) is 4. The van der Waals surface area contributed by atoms with Crippen molar-refractivity contribution in [2.75, 3.05) is 0 Å². The zero-order chi connectivity index (χ0) is 17.4. The molecular weight excluding hydrogens is 304 g/mol. The van der Waals surface area contributed by atoms with Crippen molar-refractivity contribution < 1.29 is 14.4 Å². The highest BCUT2D eigenvalue weighted by atomic mass is 17.3. The van der Waals surface area contributed by atoms with Crippen LogP contribution in [0.1, 0.15) is 47.0 Å². The van der Waals surface area contributed by atoms with Crippen LogP contribution in [-0.2, 0) is 12.0 Å². The van der Waals surface area contributed by atoms with E-state index in [0.717, 1.165) is 18.5 Å². The number of imidazole rings is 1. The summed E-state index contributed by atoms with van der Waals surface area (Å²) in [7, 11) is 1.98. The molecule has 0 atom stereocenters. The van der Waals surface area contributed by atoms with Crippen LogP contribution in [0, 0.1) is 0 Å². The normalized spacial score (nSPS) is 20.0. The Morgan fingerprint density at radius 1 is 1.12 bits per heavy atom. The third-order valence-electron chi connectivity index (χ3n) is 4.65. The highest BCUT2D eigenvalue weighted by Crippen LogP contribution is 2.38. The maximum absolute atomic E-state index is 5.77. The van der Waals surface area contributed by atoms with Crippen molar-refractivity contribution in [2.45, 2.75) is 58.0 Å². The van der Waals surface area contributed by atoms with Crippen molar-refractivity contribution in [3.05, 3.63) is 37.2 Å². The van der Waals surface area contributed by atoms with Gasteiger partial charge in [0, 0.05) is 17.1 Å². The lowest BCUT2D eigenvalue weighted by Crippen LogP contribution is -2.58. The first-order valence-electron chi connectivity index (χ1n) is 8.42. The van der Waals surface area contributed by atoms with Crippen LogP contribution in [0.3, 0.4) is 0 Å². The molecule has 0 amide bonds. The standard InChI is InChI=1S/C18H27N4O2/c1-17(2)7-6-8-18(3,4)22(17)24-23-16-11-15(12-19-13-16)21-10-9-20(5)14-21/h9-14H,6-8H2,1-5H3/q+1. The Labute approximate surface area is 143 Å². The average molecular weight is 331 g/mol. The largest absolute Gasteiger partial charge is 0.317 e. The Kier molecular flexibility index (Phi) is 4.36. The molecule has 0 aromatic carbocycles. The van der Waals surface area contributed by atoms with Crippen LogP contribution in [0.4, 0.5) is 0 Å². The third kappa shape index (κ3) is 3.44. The smallest absolute Gasteiger partial charge is 0.248 e. The molecule has 0 N–H and O–H groups in total. The molecule has 0 aliphatic carbocycles. The first-order chi connectivity index (χ1) is 11.3. The summed E-state index contributed by atoms with van der Waals surface area (Å²) in [6.45, 7) is 8.75. The van der Waals surface area contributed by atoms with Gasteiger partial charge in [0.05, 0.1) is 19.4 Å². The summed E-state index contributed by atoms with van der Waals surface area (Å²) in [6.07, 6.45) is 12.7. The van der Waals surface area contributed by atoms with Gasteiger partial charge < -0.3 is 4.89 Å². The maximum atomic E-state index is 5.77. The van der Waals surface area contributed by atoms with Crippen molar-refractivity contribution in [3.8, 4) is 11.4 Å². The Hall–Kier alpha value is -1.92. The molecule has 2 aromatic heterocycles. The van der Waals surface area contributed by atoms with Crippen LogP contribution < -0.4 is 9.45 Å². The molecule has 24 heavy (non-hydrogen) atoms. The minimum atomic E-state index is -0.0685. The van der Waals surface area contributed by atoms with Gasteiger partial charge in [0.25, 0.3) is 0 Å². The quantitative estimate of drug-likeness (QED) is 0.491. The van der Waals surface area contributed by atoms with Gasteiger partial charge in [-0.25, -0.2) is 9.13 Å². The number of hydroxylamine groups is 2. The van der Waals surface area contributed by atoms with E-state index in [1.807, 2.05) is 46.0 Å². The predicted molar refractivity (Wildman–Crippen MR) is 90.3 cm³/mol. The van der Waals surface area contributed by atoms with Gasteiger partial charge in [-0.05, 0) is 47.0 Å². The van der Waals surface area contributed by atoms with Crippen LogP contribution in [0.15, 0.2) is 37.2 Å². The molecular formula is C18H27N4O2+. The van der Waals surface area contributed by atoms with E-state index in [0.29, 0.717) is 5.75 Å². The van der Waals surface area contributed by atoms with Crippen molar-refractivity contribution in [2.24, 2.45) is 7.05 Å². The van der Waals surface area contributed by atoms with Crippen LogP contribution >= 0.6 is 0 Å². The van der Waals surface area contributed by atoms with Gasteiger partial charge in [-0.3, -0.25) is 4.98 Å². The van der Waals surface area contributed by atoms with Crippen molar-refractivity contribution in [1.29, 1.82) is 0 Å². The van der Waals surface area contributed by atoms with Gasteiger partial charge in [-0.2, -0.15) is 0 Å². The zero-order valence-electron chi connectivity index (χ0n) is 15.2. The predicted octanol–water partition coefficient (Wildman–Crippen LogP) is 2.97. The minimum Gasteiger partial charge on any atom is -0.317 e. The van der Waals surface area contributed by atoms with E-state index in [4.69, 9.17) is 9.88 Å². The molecule has 6 nitrogen and oxygen atoms in total. The van der Waals surface area contributed by atoms with Crippen LogP contribution in [-0.4, -0.2) is 25.7 Å². The molecule has 3 heterocycles. The number of rotatable bonds is 4. The first-order valence-corrected chi connectivity index (χ1v) is 8.42. The van der Waals surface area contributed by atoms with E-state index in [9.17, 15) is 0 Å². The van der Waals surface area contributed by atoms with E-state index >= 15 is 0 Å². The second-order valence-electron chi connectivity index (χ2n) is 7.80. The monoisotopic (exact) mass is 331 g/mol. The number of aryl methyl sites for hydroxylation is 1. The molecule has 3 rings (SSSR count). The summed E-state index contributed by atoms with van der Waals surface area (Å²) in [6, 6.07) is 1.91. The second-order valence-corrected chi connectivity index (χ2v) is 7.80. The van der Waals surface area contributed by atoms with Gasteiger partial charge in [-0.1, -0.05) is 4.99 Å². The molecule has 1 aliphatic heterocycles. The van der Waals surface area contributed by atoms with Gasteiger partial charge >= 0.3 is 0 Å². The van der Waals surface area contributed by atoms with Gasteiger partial charge in [-0.15, -0.1) is 5.06 Å². The fraction of sp³-hybridized carbons (Fsp3) is 0.556. The summed E-state index contributed by atoms with van der Waals surface area (Å²) in [5.74, 6) is 0.584. The fourth-order valence-electron chi connectivity index (χ4n) is 3.46. The maximum Gasteiger partial charge on any atom is 0.248 e. The fourth-order valence-corrected chi connectivity index (χ4v) is 3.46. The van der Waals surface area contributed by atoms with E-state index in [-0.39, 0.29) is 11.1 Å². The molecule has 0 bridgehead atoms. The third-order valence-corrected chi connectivity index (χ3v) is 4.65. The molecule has 1 aliphatic rings. The molecule has 130 valence electrons. The van der Waals surface area contributed by atoms with Crippen LogP contribution in [0.2, 0.25) is 0 Å². The molecule has 0 spiro atoms. The van der Waals surface area contributed by atoms with E-state index in [2.05, 4.69) is 32.7 Å². The highest BCUT2D eigenvalue weighted by Gasteiger charge is 2.43. The minimum absolute atomic E-state index is 0.0685. The van der Waals surface area contributed by atoms with Gasteiger partial charge in [0.1, 0.15) is 12.4 Å². The van der Waals surface area contributed by atoms with Gasteiger partial charge in [0.15, 0.2) is 11.4 Å². The Morgan fingerprint density at radius 3 is 2.46 bits per heavy atom. The molecule has 6 heteroatoms. The lowest BCUT2D eigenvalue weighted by Gasteiger charge is -2.49. The summed E-state index contributed by atoms with van der Waals surface area (Å²) in [5, 5.41) is 1.98. The molecule has 1 saturated heterocycles. The zero-order valence-corrected chi connectivity index (χ0v) is 15.2. The number of piperidine rings is 1. The molecule has 0 unspecified atom stereocenters. The van der Waals surface area contributed by atoms with Crippen molar-refractivity contribution >= 4 is 0 Å².